The summed E-state index contributed by atoms with van der Waals surface area (Å²) in [6, 6.07) is 10.5. The third-order valence-electron chi connectivity index (χ3n) is 2.59. The molecule has 2 aromatic carbocycles. The number of halogens is 1. The normalized spacial score (nSPS) is 10.2. The highest BCUT2D eigenvalue weighted by Gasteiger charge is 2.11. The highest BCUT2D eigenvalue weighted by molar-refractivity contribution is 6.33. The summed E-state index contributed by atoms with van der Waals surface area (Å²) in [5, 5.41) is 19.7. The Kier molecular flexibility index (Phi) is 3.48. The van der Waals surface area contributed by atoms with Crippen molar-refractivity contribution in [1.82, 2.24) is 0 Å². The standard InChI is InChI=1S/C13H8ClNO4/c14-12-7-9(4-5-11(12)13(16)17)8-2-1-3-10(6-8)15(18)19/h1-7H,(H,16,17). The van der Waals surface area contributed by atoms with E-state index < -0.39 is 10.9 Å². The van der Waals surface area contributed by atoms with Crippen LogP contribution in [0.1, 0.15) is 10.4 Å². The number of nitro benzene ring substituents is 1. The van der Waals surface area contributed by atoms with Crippen LogP contribution >= 0.6 is 11.6 Å². The van der Waals surface area contributed by atoms with Gasteiger partial charge in [0.05, 0.1) is 15.5 Å². The number of carbonyl (C=O) groups is 1. The van der Waals surface area contributed by atoms with Gasteiger partial charge in [0.1, 0.15) is 0 Å². The molecule has 0 atom stereocenters. The first-order valence-corrected chi connectivity index (χ1v) is 5.64. The Labute approximate surface area is 113 Å². The lowest BCUT2D eigenvalue weighted by Gasteiger charge is -2.04. The number of carboxylic acid groups (broad SMARTS) is 1. The van der Waals surface area contributed by atoms with E-state index in [1.807, 2.05) is 0 Å². The minimum Gasteiger partial charge on any atom is -0.478 e. The number of nitro groups is 1. The number of carboxylic acids is 1. The molecule has 0 amide bonds. The Morgan fingerprint density at radius 1 is 1.16 bits per heavy atom. The van der Waals surface area contributed by atoms with Gasteiger partial charge < -0.3 is 5.11 Å². The first kappa shape index (κ1) is 13.0. The molecule has 0 spiro atoms. The summed E-state index contributed by atoms with van der Waals surface area (Å²) in [4.78, 5) is 21.0. The maximum Gasteiger partial charge on any atom is 0.337 e. The number of non-ortho nitro benzene ring substituents is 1. The van der Waals surface area contributed by atoms with Crippen molar-refractivity contribution >= 4 is 23.3 Å². The molecule has 1 N–H and O–H groups in total. The van der Waals surface area contributed by atoms with Gasteiger partial charge in [0.25, 0.3) is 5.69 Å². The van der Waals surface area contributed by atoms with Crippen LogP contribution in [0.25, 0.3) is 11.1 Å². The largest absolute Gasteiger partial charge is 0.478 e. The molecule has 6 heteroatoms. The third-order valence-corrected chi connectivity index (χ3v) is 2.90. The van der Waals surface area contributed by atoms with Crippen LogP contribution in [-0.2, 0) is 0 Å². The van der Waals surface area contributed by atoms with Gasteiger partial charge in [-0.05, 0) is 23.3 Å². The number of hydrogen-bond acceptors (Lipinski definition) is 3. The van der Waals surface area contributed by atoms with Crippen molar-refractivity contribution in [3.05, 3.63) is 63.2 Å². The summed E-state index contributed by atoms with van der Waals surface area (Å²) in [5.41, 5.74) is 1.19. The second kappa shape index (κ2) is 5.07. The SMILES string of the molecule is O=C(O)c1ccc(-c2cccc([N+](=O)[O-])c2)cc1Cl. The lowest BCUT2D eigenvalue weighted by atomic mass is 10.0. The molecule has 0 radical (unpaired) electrons. The van der Waals surface area contributed by atoms with Gasteiger partial charge in [0, 0.05) is 12.1 Å². The maximum atomic E-state index is 10.8. The van der Waals surface area contributed by atoms with Crippen molar-refractivity contribution in [2.45, 2.75) is 0 Å². The molecule has 2 rings (SSSR count). The van der Waals surface area contributed by atoms with E-state index in [-0.39, 0.29) is 16.3 Å². The zero-order valence-corrected chi connectivity index (χ0v) is 10.3. The van der Waals surface area contributed by atoms with Gasteiger partial charge in [-0.1, -0.05) is 29.8 Å². The van der Waals surface area contributed by atoms with Gasteiger partial charge in [0.15, 0.2) is 0 Å². The Morgan fingerprint density at radius 3 is 2.42 bits per heavy atom. The summed E-state index contributed by atoms with van der Waals surface area (Å²) >= 11 is 5.86. The van der Waals surface area contributed by atoms with Gasteiger partial charge in [-0.2, -0.15) is 0 Å². The summed E-state index contributed by atoms with van der Waals surface area (Å²) < 4.78 is 0. The van der Waals surface area contributed by atoms with Gasteiger partial charge in [-0.25, -0.2) is 4.79 Å². The van der Waals surface area contributed by atoms with Crippen molar-refractivity contribution in [3.8, 4) is 11.1 Å². The fraction of sp³-hybridized carbons (Fsp3) is 0. The minimum atomic E-state index is -1.12. The zero-order valence-electron chi connectivity index (χ0n) is 9.54. The molecule has 0 aliphatic rings. The van der Waals surface area contributed by atoms with E-state index in [1.165, 1.54) is 24.3 Å². The van der Waals surface area contributed by atoms with Gasteiger partial charge >= 0.3 is 5.97 Å². The molecule has 0 heterocycles. The molecule has 96 valence electrons. The smallest absolute Gasteiger partial charge is 0.337 e. The fourth-order valence-electron chi connectivity index (χ4n) is 1.67. The average molecular weight is 278 g/mol. The van der Waals surface area contributed by atoms with E-state index in [0.29, 0.717) is 11.1 Å². The Balaban J connectivity index is 2.48. The van der Waals surface area contributed by atoms with E-state index in [9.17, 15) is 14.9 Å². The first-order chi connectivity index (χ1) is 8.99. The fourth-order valence-corrected chi connectivity index (χ4v) is 1.93. The van der Waals surface area contributed by atoms with Crippen LogP contribution < -0.4 is 0 Å². The van der Waals surface area contributed by atoms with Crippen LogP contribution in [0.2, 0.25) is 5.02 Å². The third kappa shape index (κ3) is 2.71. The second-order valence-electron chi connectivity index (χ2n) is 3.81. The summed E-state index contributed by atoms with van der Waals surface area (Å²) in [6.07, 6.45) is 0. The molecule has 0 aliphatic heterocycles. The van der Waals surface area contributed by atoms with Crippen molar-refractivity contribution < 1.29 is 14.8 Å². The average Bonchev–Trinajstić information content (AvgIpc) is 2.38. The molecule has 2 aromatic rings. The van der Waals surface area contributed by atoms with Crippen molar-refractivity contribution in [3.63, 3.8) is 0 Å². The lowest BCUT2D eigenvalue weighted by molar-refractivity contribution is -0.384. The number of benzene rings is 2. The quantitative estimate of drug-likeness (QED) is 0.686. The molecule has 0 fully saturated rings. The molecule has 0 unspecified atom stereocenters. The predicted molar refractivity (Wildman–Crippen MR) is 70.5 cm³/mol. The van der Waals surface area contributed by atoms with E-state index in [1.54, 1.807) is 18.2 Å². The molecular formula is C13H8ClNO4. The first-order valence-electron chi connectivity index (χ1n) is 5.26. The summed E-state index contributed by atoms with van der Waals surface area (Å²) in [7, 11) is 0. The van der Waals surface area contributed by atoms with Crippen molar-refractivity contribution in [2.24, 2.45) is 0 Å². The molecule has 0 bridgehead atoms. The lowest BCUT2D eigenvalue weighted by Crippen LogP contribution is -1.97. The van der Waals surface area contributed by atoms with Crippen LogP contribution in [0.15, 0.2) is 42.5 Å². The van der Waals surface area contributed by atoms with E-state index in [4.69, 9.17) is 16.7 Å². The Hall–Kier alpha value is -2.40. The highest BCUT2D eigenvalue weighted by Crippen LogP contribution is 2.28. The van der Waals surface area contributed by atoms with E-state index >= 15 is 0 Å². The Morgan fingerprint density at radius 2 is 1.84 bits per heavy atom. The predicted octanol–water partition coefficient (Wildman–Crippen LogP) is 3.61. The van der Waals surface area contributed by atoms with E-state index in [2.05, 4.69) is 0 Å². The van der Waals surface area contributed by atoms with Gasteiger partial charge in [0.2, 0.25) is 0 Å². The number of nitrogens with zero attached hydrogens (tertiary/aromatic N) is 1. The summed E-state index contributed by atoms with van der Waals surface area (Å²) in [6.45, 7) is 0. The minimum absolute atomic E-state index is 0.00384. The number of aromatic carboxylic acids is 1. The van der Waals surface area contributed by atoms with Crippen LogP contribution in [0, 0.1) is 10.1 Å². The topological polar surface area (TPSA) is 80.4 Å². The molecule has 0 aliphatic carbocycles. The zero-order chi connectivity index (χ0) is 14.0. The van der Waals surface area contributed by atoms with Crippen molar-refractivity contribution in [1.29, 1.82) is 0 Å². The van der Waals surface area contributed by atoms with Crippen molar-refractivity contribution in [2.75, 3.05) is 0 Å². The molecular weight excluding hydrogens is 270 g/mol. The van der Waals surface area contributed by atoms with Crippen LogP contribution in [0.3, 0.4) is 0 Å². The van der Waals surface area contributed by atoms with Gasteiger partial charge in [-0.3, -0.25) is 10.1 Å². The Bertz CT molecular complexity index is 669. The second-order valence-corrected chi connectivity index (χ2v) is 4.21. The van der Waals surface area contributed by atoms with Crippen LogP contribution in [-0.4, -0.2) is 16.0 Å². The molecule has 0 saturated carbocycles. The molecule has 0 aromatic heterocycles. The van der Waals surface area contributed by atoms with Gasteiger partial charge in [-0.15, -0.1) is 0 Å². The molecule has 5 nitrogen and oxygen atoms in total. The van der Waals surface area contributed by atoms with Crippen LogP contribution in [0.5, 0.6) is 0 Å². The maximum absolute atomic E-state index is 10.8. The summed E-state index contributed by atoms with van der Waals surface area (Å²) in [5.74, 6) is -1.12. The monoisotopic (exact) mass is 277 g/mol. The van der Waals surface area contributed by atoms with E-state index in [0.717, 1.165) is 0 Å². The van der Waals surface area contributed by atoms with Crippen LogP contribution in [0.4, 0.5) is 5.69 Å². The number of hydrogen-bond donors (Lipinski definition) is 1. The highest BCUT2D eigenvalue weighted by atomic mass is 35.5. The number of rotatable bonds is 3. The molecule has 0 saturated heterocycles. The molecule has 19 heavy (non-hydrogen) atoms.